The summed E-state index contributed by atoms with van der Waals surface area (Å²) in [6, 6.07) is -2.58. The molecule has 11 nitrogen and oxygen atoms in total. The van der Waals surface area contributed by atoms with E-state index in [1.54, 1.807) is 0 Å². The molecule has 3 amide bonds. The van der Waals surface area contributed by atoms with Crippen molar-refractivity contribution in [1.82, 2.24) is 16.0 Å². The van der Waals surface area contributed by atoms with E-state index in [4.69, 9.17) is 4.74 Å². The number of rotatable bonds is 11. The molecule has 1 saturated carbocycles. The van der Waals surface area contributed by atoms with Crippen molar-refractivity contribution in [2.24, 2.45) is 29.6 Å². The van der Waals surface area contributed by atoms with Gasteiger partial charge >= 0.3 is 6.09 Å². The Hall–Kier alpha value is -2.18. The van der Waals surface area contributed by atoms with Gasteiger partial charge in [-0.05, 0) is 68.6 Å². The van der Waals surface area contributed by atoms with Crippen LogP contribution in [0.5, 0.6) is 0 Å². The maximum Gasteiger partial charge on any atom is 0.407 e. The van der Waals surface area contributed by atoms with Crippen molar-refractivity contribution in [3.63, 3.8) is 0 Å². The standard InChI is InChI=1S/C24H39N3O8S/c1-14(2)8-19(27-24(31)35-13-17-10-15-4-3-5-16(9-15)11-17)22(29)26-20(23(30)36(32,33)34)12-18-6-7-25-21(18)28/h3-4,14-20,23,30H,5-13H2,1-2H3,(H,25,28)(H,26,29)(H,27,31)(H,32,33,34)/p-1/t15?,16?,17?,18?,19-,20?,23?/m0/s1. The fourth-order valence-electron chi connectivity index (χ4n) is 5.55. The Morgan fingerprint density at radius 2 is 2.00 bits per heavy atom. The number of carbonyl (C=O) groups is 3. The van der Waals surface area contributed by atoms with Gasteiger partial charge in [0.2, 0.25) is 11.8 Å². The lowest BCUT2D eigenvalue weighted by molar-refractivity contribution is -0.126. The molecular weight excluding hydrogens is 490 g/mol. The highest BCUT2D eigenvalue weighted by Gasteiger charge is 2.36. The first-order valence-corrected chi connectivity index (χ1v) is 14.2. The Morgan fingerprint density at radius 3 is 2.61 bits per heavy atom. The van der Waals surface area contributed by atoms with E-state index in [9.17, 15) is 32.5 Å². The molecule has 0 spiro atoms. The summed E-state index contributed by atoms with van der Waals surface area (Å²) < 4.78 is 39.9. The first-order valence-electron chi connectivity index (χ1n) is 12.7. The Labute approximate surface area is 212 Å². The van der Waals surface area contributed by atoms with Crippen LogP contribution in [-0.2, 0) is 24.4 Å². The third-order valence-corrected chi connectivity index (χ3v) is 8.17. The van der Waals surface area contributed by atoms with E-state index in [2.05, 4.69) is 28.1 Å². The summed E-state index contributed by atoms with van der Waals surface area (Å²) >= 11 is 0. The van der Waals surface area contributed by atoms with Gasteiger partial charge in [0.1, 0.15) is 16.2 Å². The second kappa shape index (κ2) is 12.4. The summed E-state index contributed by atoms with van der Waals surface area (Å²) in [7, 11) is -5.16. The molecule has 3 rings (SSSR count). The van der Waals surface area contributed by atoms with Gasteiger partial charge in [0, 0.05) is 12.5 Å². The molecule has 12 heteroatoms. The van der Waals surface area contributed by atoms with Gasteiger partial charge in [0.25, 0.3) is 0 Å². The van der Waals surface area contributed by atoms with Gasteiger partial charge < -0.3 is 30.3 Å². The first-order chi connectivity index (χ1) is 16.9. The lowest BCUT2D eigenvalue weighted by Gasteiger charge is -2.35. The van der Waals surface area contributed by atoms with Crippen molar-refractivity contribution in [3.05, 3.63) is 12.2 Å². The molecule has 1 saturated heterocycles. The molecule has 2 aliphatic carbocycles. The molecular formula is C24H38N3O8S-. The van der Waals surface area contributed by atoms with Crippen LogP contribution in [0.4, 0.5) is 4.79 Å². The van der Waals surface area contributed by atoms with Crippen molar-refractivity contribution < 1.29 is 37.2 Å². The molecule has 0 aromatic rings. The molecule has 6 unspecified atom stereocenters. The number of aliphatic hydroxyl groups is 1. The van der Waals surface area contributed by atoms with Crippen molar-refractivity contribution in [1.29, 1.82) is 0 Å². The highest BCUT2D eigenvalue weighted by Crippen LogP contribution is 2.39. The third-order valence-electron chi connectivity index (χ3n) is 7.25. The number of hydrogen-bond acceptors (Lipinski definition) is 8. The molecule has 4 N–H and O–H groups in total. The second-order valence-corrected chi connectivity index (χ2v) is 12.3. The predicted octanol–water partition coefficient (Wildman–Crippen LogP) is 0.994. The first kappa shape index (κ1) is 28.4. The molecule has 7 atom stereocenters. The van der Waals surface area contributed by atoms with Gasteiger partial charge in [0.15, 0.2) is 5.44 Å². The largest absolute Gasteiger partial charge is 0.746 e. The van der Waals surface area contributed by atoms with Crippen molar-refractivity contribution in [2.45, 2.75) is 76.3 Å². The monoisotopic (exact) mass is 528 g/mol. The Bertz CT molecular complexity index is 938. The summed E-state index contributed by atoms with van der Waals surface area (Å²) in [4.78, 5) is 37.6. The maximum absolute atomic E-state index is 13.1. The zero-order valence-corrected chi connectivity index (χ0v) is 21.7. The highest BCUT2D eigenvalue weighted by atomic mass is 32.2. The Morgan fingerprint density at radius 1 is 1.25 bits per heavy atom. The SMILES string of the molecule is CC(C)C[C@H](NC(=O)OCC1CC2C=CCC(C2)C1)C(=O)NC(CC1CCNC1=O)C(O)S(=O)(=O)[O-]. The van der Waals surface area contributed by atoms with Crippen LogP contribution in [0.15, 0.2) is 12.2 Å². The smallest absolute Gasteiger partial charge is 0.407 e. The van der Waals surface area contributed by atoms with Gasteiger partial charge in [-0.25, -0.2) is 13.2 Å². The number of carbonyl (C=O) groups excluding carboxylic acids is 3. The zero-order chi connectivity index (χ0) is 26.5. The summed E-state index contributed by atoms with van der Waals surface area (Å²) in [6.07, 6.45) is 8.23. The average Bonchev–Trinajstić information content (AvgIpc) is 3.19. The third kappa shape index (κ3) is 8.17. The highest BCUT2D eigenvalue weighted by molar-refractivity contribution is 7.86. The van der Waals surface area contributed by atoms with Crippen LogP contribution in [0.3, 0.4) is 0 Å². The van der Waals surface area contributed by atoms with E-state index in [0.29, 0.717) is 24.8 Å². The van der Waals surface area contributed by atoms with E-state index in [-0.39, 0.29) is 37.2 Å². The van der Waals surface area contributed by atoms with Gasteiger partial charge in [0.05, 0.1) is 12.6 Å². The fraction of sp³-hybridized carbons (Fsp3) is 0.792. The fourth-order valence-corrected chi connectivity index (χ4v) is 6.13. The molecule has 0 aromatic heterocycles. The van der Waals surface area contributed by atoms with Crippen LogP contribution in [0, 0.1) is 29.6 Å². The van der Waals surface area contributed by atoms with Crippen LogP contribution in [0.25, 0.3) is 0 Å². The molecule has 2 fully saturated rings. The van der Waals surface area contributed by atoms with Crippen molar-refractivity contribution in [3.8, 4) is 0 Å². The van der Waals surface area contributed by atoms with Crippen molar-refractivity contribution in [2.75, 3.05) is 13.2 Å². The molecule has 204 valence electrons. The summed E-state index contributed by atoms with van der Waals surface area (Å²) in [5.41, 5.74) is -2.43. The molecule has 36 heavy (non-hydrogen) atoms. The number of aliphatic hydroxyl groups excluding tert-OH is 1. The minimum atomic E-state index is -5.16. The quantitative estimate of drug-likeness (QED) is 0.227. The van der Waals surface area contributed by atoms with Crippen LogP contribution in [0.2, 0.25) is 0 Å². The maximum atomic E-state index is 13.1. The second-order valence-electron chi connectivity index (χ2n) is 10.8. The van der Waals surface area contributed by atoms with E-state index in [1.807, 2.05) is 13.8 Å². The summed E-state index contributed by atoms with van der Waals surface area (Å²) in [6.45, 7) is 4.32. The molecule has 0 radical (unpaired) electrons. The van der Waals surface area contributed by atoms with Crippen molar-refractivity contribution >= 4 is 28.0 Å². The van der Waals surface area contributed by atoms with Gasteiger partial charge in [-0.1, -0.05) is 26.0 Å². The zero-order valence-electron chi connectivity index (χ0n) is 20.9. The summed E-state index contributed by atoms with van der Waals surface area (Å²) in [5.74, 6) is -0.405. The number of fused-ring (bicyclic) bond motifs is 2. The number of hydrogen-bond donors (Lipinski definition) is 4. The molecule has 1 heterocycles. The number of nitrogens with one attached hydrogen (secondary N) is 3. The Kier molecular flexibility index (Phi) is 9.76. The van der Waals surface area contributed by atoms with Crippen LogP contribution < -0.4 is 16.0 Å². The molecule has 1 aliphatic heterocycles. The topological polar surface area (TPSA) is 174 Å². The number of alkyl carbamates (subject to hydrolysis) is 1. The lowest BCUT2D eigenvalue weighted by Crippen LogP contribution is -2.55. The van der Waals surface area contributed by atoms with E-state index >= 15 is 0 Å². The number of ether oxygens (including phenoxy) is 1. The van der Waals surface area contributed by atoms with E-state index < -0.39 is 45.6 Å². The minimum absolute atomic E-state index is 0.0159. The van der Waals surface area contributed by atoms with Gasteiger partial charge in [-0.2, -0.15) is 0 Å². The van der Waals surface area contributed by atoms with E-state index in [1.165, 1.54) is 6.42 Å². The number of amides is 3. The summed E-state index contributed by atoms with van der Waals surface area (Å²) in [5, 5.41) is 17.7. The number of allylic oxidation sites excluding steroid dienone is 2. The van der Waals surface area contributed by atoms with Crippen LogP contribution >= 0.6 is 0 Å². The minimum Gasteiger partial charge on any atom is -0.746 e. The van der Waals surface area contributed by atoms with Gasteiger partial charge in [-0.3, -0.25) is 9.59 Å². The predicted molar refractivity (Wildman–Crippen MR) is 129 cm³/mol. The van der Waals surface area contributed by atoms with Crippen LogP contribution in [0.1, 0.15) is 58.8 Å². The molecule has 0 aromatic carbocycles. The van der Waals surface area contributed by atoms with Gasteiger partial charge in [-0.15, -0.1) is 0 Å². The molecule has 2 bridgehead atoms. The average molecular weight is 529 g/mol. The Balaban J connectivity index is 1.60. The molecule has 3 aliphatic rings. The van der Waals surface area contributed by atoms with E-state index in [0.717, 1.165) is 19.3 Å². The lowest BCUT2D eigenvalue weighted by atomic mass is 9.71. The normalized spacial score (nSPS) is 28.2. The van der Waals surface area contributed by atoms with Crippen LogP contribution in [-0.4, -0.2) is 66.7 Å².